The smallest absolute Gasteiger partial charge is 0.345 e. The van der Waals surface area contributed by atoms with Gasteiger partial charge in [-0.15, -0.1) is 0 Å². The Hall–Kier alpha value is -2.22. The molecule has 2 saturated heterocycles. The summed E-state index contributed by atoms with van der Waals surface area (Å²) in [6.07, 6.45) is 8.54. The van der Waals surface area contributed by atoms with E-state index in [0.29, 0.717) is 0 Å². The number of hydrogen-bond acceptors (Lipinski definition) is 6. The fourth-order valence-electron chi connectivity index (χ4n) is 5.96. The van der Waals surface area contributed by atoms with Gasteiger partial charge in [-0.3, -0.25) is 0 Å². The minimum Gasteiger partial charge on any atom is -0.433 e. The Morgan fingerprint density at radius 3 is 1.65 bits per heavy atom. The van der Waals surface area contributed by atoms with E-state index in [2.05, 4.69) is 15.9 Å². The highest BCUT2D eigenvalue weighted by atomic mass is 79.9. The first kappa shape index (κ1) is 33.7. The molecule has 2 saturated carbocycles. The number of ether oxygens (including phenoxy) is 4. The van der Waals surface area contributed by atoms with Crippen molar-refractivity contribution in [3.05, 3.63) is 71.8 Å². The van der Waals surface area contributed by atoms with Crippen LogP contribution < -0.4 is 0 Å². The molecule has 43 heavy (non-hydrogen) atoms. The number of cyclic esters (lactones) is 2. The Labute approximate surface area is 266 Å². The molecule has 0 spiro atoms. The van der Waals surface area contributed by atoms with Gasteiger partial charge in [0, 0.05) is 21.6 Å². The summed E-state index contributed by atoms with van der Waals surface area (Å²) in [5.74, 6) is -0.286. The van der Waals surface area contributed by atoms with E-state index < -0.39 is 24.3 Å². The molecule has 7 heteroatoms. The molecule has 4 atom stereocenters. The zero-order valence-corrected chi connectivity index (χ0v) is 28.2. The molecule has 0 amide bonds. The molecule has 2 aromatic carbocycles. The van der Waals surface area contributed by atoms with Gasteiger partial charge in [0.05, 0.1) is 0 Å². The molecule has 2 unspecified atom stereocenters. The van der Waals surface area contributed by atoms with Crippen LogP contribution in [0.3, 0.4) is 0 Å². The van der Waals surface area contributed by atoms with Crippen molar-refractivity contribution in [1.82, 2.24) is 0 Å². The Balaban J connectivity index is 0.000000169. The summed E-state index contributed by atoms with van der Waals surface area (Å²) in [6, 6.07) is 19.3. The lowest BCUT2D eigenvalue weighted by molar-refractivity contribution is -0.162. The lowest BCUT2D eigenvalue weighted by Crippen LogP contribution is -2.41. The first-order chi connectivity index (χ1) is 20.3. The first-order valence-electron chi connectivity index (χ1n) is 15.8. The van der Waals surface area contributed by atoms with Crippen LogP contribution >= 0.6 is 15.9 Å². The average Bonchev–Trinajstić information content (AvgIpc) is 3.78. The molecule has 4 fully saturated rings. The number of hydrogen-bond donors (Lipinski definition) is 0. The molecule has 2 heterocycles. The molecule has 2 aliphatic heterocycles. The predicted octanol–water partition coefficient (Wildman–Crippen LogP) is 9.01. The van der Waals surface area contributed by atoms with Crippen LogP contribution in [-0.4, -0.2) is 29.3 Å². The minimum atomic E-state index is -0.907. The van der Waals surface area contributed by atoms with Crippen LogP contribution in [0.25, 0.3) is 0 Å². The van der Waals surface area contributed by atoms with Gasteiger partial charge < -0.3 is 18.9 Å². The number of carbonyl (C=O) groups excluding carboxylic acids is 2. The van der Waals surface area contributed by atoms with E-state index in [1.54, 1.807) is 0 Å². The highest BCUT2D eigenvalue weighted by Crippen LogP contribution is 2.50. The third kappa shape index (κ3) is 8.29. The van der Waals surface area contributed by atoms with Gasteiger partial charge in [-0.2, -0.15) is 0 Å². The third-order valence-corrected chi connectivity index (χ3v) is 9.36. The summed E-state index contributed by atoms with van der Waals surface area (Å²) in [7, 11) is 0. The van der Waals surface area contributed by atoms with E-state index in [9.17, 15) is 9.59 Å². The highest BCUT2D eigenvalue weighted by Gasteiger charge is 2.59. The lowest BCUT2D eigenvalue weighted by atomic mass is 9.80. The largest absolute Gasteiger partial charge is 0.433 e. The van der Waals surface area contributed by atoms with Gasteiger partial charge in [0.1, 0.15) is 0 Å². The maximum atomic E-state index is 12.8. The molecule has 6 rings (SSSR count). The zero-order valence-electron chi connectivity index (χ0n) is 26.6. The van der Waals surface area contributed by atoms with Gasteiger partial charge in [0.15, 0.2) is 11.7 Å². The molecule has 236 valence electrons. The van der Waals surface area contributed by atoms with Gasteiger partial charge in [0.25, 0.3) is 0 Å². The van der Waals surface area contributed by atoms with E-state index in [1.807, 2.05) is 102 Å². The molecule has 4 aliphatic rings. The predicted molar refractivity (Wildman–Crippen MR) is 171 cm³/mol. The van der Waals surface area contributed by atoms with Gasteiger partial charge in [0.2, 0.25) is 12.6 Å². The number of alkyl halides is 1. The zero-order chi connectivity index (χ0) is 31.3. The second kappa shape index (κ2) is 14.3. The lowest BCUT2D eigenvalue weighted by Gasteiger charge is -2.33. The molecule has 2 aromatic rings. The number of carbonyl (C=O) groups is 2. The standard InChI is InChI=1S/C18H24O3.C13H16O3.C5H9Br/c1-17(2,3)16-20-15(19)18(21-16,14-11-7-8-12-14)13-9-5-4-6-10-13;1-13(2,3)12-15-10(11(14)16-12)9-7-5-4-6-8-9;6-5-3-1-2-4-5/h4-6,9-10,14,16H,7-8,11-12H2,1-3H3;4-8,10,12H,1-3H3;5H,1-4H2/t16?,18-;10-,12?;/m01./s1. The van der Waals surface area contributed by atoms with Crippen LogP contribution in [0.15, 0.2) is 60.7 Å². The van der Waals surface area contributed by atoms with E-state index in [4.69, 9.17) is 18.9 Å². The highest BCUT2D eigenvalue weighted by molar-refractivity contribution is 9.09. The Bertz CT molecular complexity index is 1180. The Morgan fingerprint density at radius 1 is 0.698 bits per heavy atom. The maximum Gasteiger partial charge on any atom is 0.345 e. The molecule has 6 nitrogen and oxygen atoms in total. The van der Waals surface area contributed by atoms with E-state index >= 15 is 0 Å². The molecular formula is C36H49BrO6. The van der Waals surface area contributed by atoms with Crippen LogP contribution in [0.2, 0.25) is 0 Å². The van der Waals surface area contributed by atoms with Crippen molar-refractivity contribution >= 4 is 27.9 Å². The summed E-state index contributed by atoms with van der Waals surface area (Å²) in [4.78, 5) is 25.3. The molecule has 2 aliphatic carbocycles. The number of benzene rings is 2. The topological polar surface area (TPSA) is 71.1 Å². The van der Waals surface area contributed by atoms with Crippen molar-refractivity contribution in [3.63, 3.8) is 0 Å². The summed E-state index contributed by atoms with van der Waals surface area (Å²) in [5.41, 5.74) is 0.465. The number of rotatable bonds is 3. The van der Waals surface area contributed by atoms with Gasteiger partial charge in [-0.1, -0.05) is 144 Å². The summed E-state index contributed by atoms with van der Waals surface area (Å²) in [5, 5.41) is 0. The summed E-state index contributed by atoms with van der Waals surface area (Å²) < 4.78 is 22.9. The monoisotopic (exact) mass is 656 g/mol. The van der Waals surface area contributed by atoms with Crippen molar-refractivity contribution in [2.45, 2.75) is 122 Å². The van der Waals surface area contributed by atoms with Crippen molar-refractivity contribution < 1.29 is 28.5 Å². The molecule has 0 bridgehead atoms. The van der Waals surface area contributed by atoms with Crippen LogP contribution in [0.1, 0.15) is 110 Å². The van der Waals surface area contributed by atoms with Crippen LogP contribution in [0.5, 0.6) is 0 Å². The first-order valence-corrected chi connectivity index (χ1v) is 16.7. The number of esters is 2. The second-order valence-electron chi connectivity index (χ2n) is 14.2. The Kier molecular flexibility index (Phi) is 11.2. The van der Waals surface area contributed by atoms with E-state index in [-0.39, 0.29) is 28.7 Å². The fourth-order valence-corrected chi connectivity index (χ4v) is 6.60. The van der Waals surface area contributed by atoms with Crippen molar-refractivity contribution in [1.29, 1.82) is 0 Å². The molecule has 0 radical (unpaired) electrons. The number of halogens is 1. The SMILES string of the molecule is BrC1CCCC1.CC(C)(C)C1OC(=O)[C@@H](c2ccccc2)O1.CC(C)(C)C1OC(=O)[C@](c2ccccc2)(C2CCCC2)O1. The van der Waals surface area contributed by atoms with Crippen LogP contribution in [-0.2, 0) is 34.1 Å². The van der Waals surface area contributed by atoms with Crippen molar-refractivity contribution in [3.8, 4) is 0 Å². The molecule has 0 aromatic heterocycles. The molecule has 0 N–H and O–H groups in total. The summed E-state index contributed by atoms with van der Waals surface area (Å²) >= 11 is 3.54. The van der Waals surface area contributed by atoms with E-state index in [1.165, 1.54) is 25.7 Å². The van der Waals surface area contributed by atoms with E-state index in [0.717, 1.165) is 41.6 Å². The molecular weight excluding hydrogens is 608 g/mol. The Morgan fingerprint density at radius 2 is 1.21 bits per heavy atom. The minimum absolute atomic E-state index is 0.195. The second-order valence-corrected chi connectivity index (χ2v) is 15.5. The van der Waals surface area contributed by atoms with Crippen molar-refractivity contribution in [2.75, 3.05) is 0 Å². The van der Waals surface area contributed by atoms with Crippen molar-refractivity contribution in [2.24, 2.45) is 16.7 Å². The van der Waals surface area contributed by atoms with Crippen LogP contribution in [0, 0.1) is 16.7 Å². The van der Waals surface area contributed by atoms with Gasteiger partial charge >= 0.3 is 11.9 Å². The fraction of sp³-hybridized carbons (Fsp3) is 0.611. The third-order valence-electron chi connectivity index (χ3n) is 8.44. The normalized spacial score (nSPS) is 28.0. The van der Waals surface area contributed by atoms with Crippen LogP contribution in [0.4, 0.5) is 0 Å². The van der Waals surface area contributed by atoms with Gasteiger partial charge in [-0.25, -0.2) is 9.59 Å². The maximum absolute atomic E-state index is 12.8. The average molecular weight is 658 g/mol. The quantitative estimate of drug-likeness (QED) is 0.242. The van der Waals surface area contributed by atoms with Gasteiger partial charge in [-0.05, 0) is 36.8 Å². The summed E-state index contributed by atoms with van der Waals surface area (Å²) in [6.45, 7) is 12.1.